The first-order chi connectivity index (χ1) is 7.69. The summed E-state index contributed by atoms with van der Waals surface area (Å²) in [4.78, 5) is 13.8. The summed E-state index contributed by atoms with van der Waals surface area (Å²) in [6.07, 6.45) is 1.43. The number of ether oxygens (including phenoxy) is 1. The van der Waals surface area contributed by atoms with Crippen LogP contribution in [0, 0.1) is 33.3 Å². The van der Waals surface area contributed by atoms with Crippen LogP contribution >= 0.6 is 0 Å². The van der Waals surface area contributed by atoms with Crippen molar-refractivity contribution in [3.05, 3.63) is 27.9 Å². The Bertz CT molecular complexity index is 508. The summed E-state index contributed by atoms with van der Waals surface area (Å²) in [5.74, 6) is 5.08. The third-order valence-corrected chi connectivity index (χ3v) is 1.62. The quantitative estimate of drug-likeness (QED) is 0.422. The number of methoxy groups -OCH3 is 1. The maximum absolute atomic E-state index is 10.6. The van der Waals surface area contributed by atoms with E-state index in [-0.39, 0.29) is 18.0 Å². The zero-order chi connectivity index (χ0) is 12.0. The minimum atomic E-state index is -0.596. The molecule has 0 amide bonds. The molecule has 0 aliphatic heterocycles. The molecule has 6 nitrogen and oxygen atoms in total. The van der Waals surface area contributed by atoms with Gasteiger partial charge in [-0.15, -0.1) is 0 Å². The molecule has 0 aliphatic rings. The van der Waals surface area contributed by atoms with Gasteiger partial charge in [-0.25, -0.2) is 4.98 Å². The molecule has 0 aliphatic carbocycles. The van der Waals surface area contributed by atoms with E-state index in [1.54, 1.807) is 0 Å². The molecule has 0 N–H and O–H groups in total. The van der Waals surface area contributed by atoms with Crippen LogP contribution in [-0.4, -0.2) is 17.0 Å². The summed E-state index contributed by atoms with van der Waals surface area (Å²) in [5.41, 5.74) is 0.133. The Balaban J connectivity index is 3.10. The van der Waals surface area contributed by atoms with Crippen molar-refractivity contribution in [1.29, 1.82) is 5.26 Å². The van der Waals surface area contributed by atoms with Crippen molar-refractivity contribution >= 4 is 5.69 Å². The van der Waals surface area contributed by atoms with Crippen molar-refractivity contribution in [2.45, 2.75) is 6.42 Å². The number of aromatic nitrogens is 1. The molecule has 1 rings (SSSR count). The van der Waals surface area contributed by atoms with Crippen LogP contribution in [0.25, 0.3) is 0 Å². The van der Waals surface area contributed by atoms with Crippen LogP contribution in [0.3, 0.4) is 0 Å². The van der Waals surface area contributed by atoms with E-state index in [0.29, 0.717) is 5.56 Å². The van der Waals surface area contributed by atoms with E-state index in [1.165, 1.54) is 19.4 Å². The van der Waals surface area contributed by atoms with Crippen LogP contribution in [0.15, 0.2) is 12.3 Å². The lowest BCUT2D eigenvalue weighted by atomic mass is 10.2. The predicted molar refractivity (Wildman–Crippen MR) is 54.6 cm³/mol. The van der Waals surface area contributed by atoms with Gasteiger partial charge in [0.05, 0.1) is 30.1 Å². The van der Waals surface area contributed by atoms with E-state index in [1.807, 2.05) is 6.07 Å². The standard InChI is InChI=1S/C10H7N3O3/c1-16-10-9(13(14)15)6-8(7-12-10)4-2-3-5-11/h6-7H,3H2,1H3. The molecule has 0 unspecified atom stereocenters. The minimum Gasteiger partial charge on any atom is -0.476 e. The number of hydrogen-bond acceptors (Lipinski definition) is 5. The van der Waals surface area contributed by atoms with E-state index in [4.69, 9.17) is 10.00 Å². The summed E-state index contributed by atoms with van der Waals surface area (Å²) < 4.78 is 4.73. The van der Waals surface area contributed by atoms with E-state index in [2.05, 4.69) is 16.8 Å². The molecule has 1 aromatic heterocycles. The van der Waals surface area contributed by atoms with Gasteiger partial charge in [-0.3, -0.25) is 10.1 Å². The summed E-state index contributed by atoms with van der Waals surface area (Å²) in [6, 6.07) is 3.11. The van der Waals surface area contributed by atoms with Crippen LogP contribution in [0.1, 0.15) is 12.0 Å². The first-order valence-electron chi connectivity index (χ1n) is 4.23. The molecule has 0 fully saturated rings. The molecule has 0 saturated heterocycles. The number of rotatable bonds is 2. The van der Waals surface area contributed by atoms with Gasteiger partial charge in [0.2, 0.25) is 0 Å². The first kappa shape index (κ1) is 11.5. The number of nitriles is 1. The van der Waals surface area contributed by atoms with Gasteiger partial charge in [0.1, 0.15) is 0 Å². The molecule has 0 spiro atoms. The number of hydrogen-bond donors (Lipinski definition) is 0. The predicted octanol–water partition coefficient (Wildman–Crippen LogP) is 1.26. The van der Waals surface area contributed by atoms with E-state index in [0.717, 1.165) is 0 Å². The lowest BCUT2D eigenvalue weighted by Gasteiger charge is -1.99. The SMILES string of the molecule is COc1ncc(C#CCC#N)cc1[N+](=O)[O-]. The van der Waals surface area contributed by atoms with Crippen molar-refractivity contribution in [1.82, 2.24) is 4.98 Å². The molecule has 16 heavy (non-hydrogen) atoms. The Morgan fingerprint density at radius 3 is 3.00 bits per heavy atom. The Labute approximate surface area is 91.6 Å². The molecule has 80 valence electrons. The van der Waals surface area contributed by atoms with E-state index >= 15 is 0 Å². The number of nitro groups is 1. The zero-order valence-corrected chi connectivity index (χ0v) is 8.43. The second-order valence-electron chi connectivity index (χ2n) is 2.65. The van der Waals surface area contributed by atoms with Gasteiger partial charge in [-0.05, 0) is 0 Å². The second-order valence-corrected chi connectivity index (χ2v) is 2.65. The first-order valence-corrected chi connectivity index (χ1v) is 4.23. The van der Waals surface area contributed by atoms with Crippen LogP contribution < -0.4 is 4.74 Å². The monoisotopic (exact) mass is 217 g/mol. The largest absolute Gasteiger partial charge is 0.476 e. The van der Waals surface area contributed by atoms with Gasteiger partial charge >= 0.3 is 5.69 Å². The van der Waals surface area contributed by atoms with Gasteiger partial charge in [0, 0.05) is 12.3 Å². The third kappa shape index (κ3) is 2.69. The molecule has 0 saturated carbocycles. The number of nitrogens with zero attached hydrogens (tertiary/aromatic N) is 3. The lowest BCUT2D eigenvalue weighted by molar-refractivity contribution is -0.386. The average Bonchev–Trinajstić information content (AvgIpc) is 2.29. The number of pyridine rings is 1. The highest BCUT2D eigenvalue weighted by Gasteiger charge is 2.16. The van der Waals surface area contributed by atoms with Gasteiger partial charge < -0.3 is 4.74 Å². The normalized spacial score (nSPS) is 8.50. The molecular weight excluding hydrogens is 210 g/mol. The second kappa shape index (κ2) is 5.32. The summed E-state index contributed by atoms with van der Waals surface area (Å²) in [7, 11) is 1.30. The topological polar surface area (TPSA) is 89.0 Å². The maximum atomic E-state index is 10.6. The maximum Gasteiger partial charge on any atom is 0.332 e. The molecule has 1 heterocycles. The fourth-order valence-electron chi connectivity index (χ4n) is 0.983. The smallest absolute Gasteiger partial charge is 0.332 e. The van der Waals surface area contributed by atoms with Crippen molar-refractivity contribution < 1.29 is 9.66 Å². The molecular formula is C10H7N3O3. The van der Waals surface area contributed by atoms with Crippen molar-refractivity contribution in [2.75, 3.05) is 7.11 Å². The summed E-state index contributed by atoms with van der Waals surface area (Å²) in [5, 5.41) is 18.9. The van der Waals surface area contributed by atoms with Gasteiger partial charge in [0.15, 0.2) is 0 Å². The fourth-order valence-corrected chi connectivity index (χ4v) is 0.983. The van der Waals surface area contributed by atoms with Gasteiger partial charge in [0.25, 0.3) is 5.88 Å². The molecule has 1 aromatic rings. The molecule has 0 bridgehead atoms. The minimum absolute atomic E-state index is 0.0594. The Hall–Kier alpha value is -2.60. The van der Waals surface area contributed by atoms with Crippen LogP contribution in [0.4, 0.5) is 5.69 Å². The molecule has 6 heteroatoms. The van der Waals surface area contributed by atoms with Crippen LogP contribution in [0.5, 0.6) is 5.88 Å². The van der Waals surface area contributed by atoms with E-state index < -0.39 is 4.92 Å². The van der Waals surface area contributed by atoms with Crippen molar-refractivity contribution in [2.24, 2.45) is 0 Å². The van der Waals surface area contributed by atoms with Crippen molar-refractivity contribution in [3.63, 3.8) is 0 Å². The van der Waals surface area contributed by atoms with Gasteiger partial charge in [-0.2, -0.15) is 5.26 Å². The van der Waals surface area contributed by atoms with Crippen LogP contribution in [0.2, 0.25) is 0 Å². The lowest BCUT2D eigenvalue weighted by Crippen LogP contribution is -1.96. The zero-order valence-electron chi connectivity index (χ0n) is 8.43. The third-order valence-electron chi connectivity index (χ3n) is 1.62. The van der Waals surface area contributed by atoms with E-state index in [9.17, 15) is 10.1 Å². The highest BCUT2D eigenvalue weighted by molar-refractivity contribution is 5.47. The van der Waals surface area contributed by atoms with Crippen LogP contribution in [-0.2, 0) is 0 Å². The Morgan fingerprint density at radius 2 is 2.44 bits per heavy atom. The van der Waals surface area contributed by atoms with Crippen molar-refractivity contribution in [3.8, 4) is 23.8 Å². The molecule has 0 aromatic carbocycles. The van der Waals surface area contributed by atoms with Gasteiger partial charge in [-0.1, -0.05) is 11.8 Å². The summed E-state index contributed by atoms with van der Waals surface area (Å²) in [6.45, 7) is 0. The Kier molecular flexibility index (Phi) is 3.82. The fraction of sp³-hybridized carbons (Fsp3) is 0.200. The molecule has 0 atom stereocenters. The highest BCUT2D eigenvalue weighted by Crippen LogP contribution is 2.23. The highest BCUT2D eigenvalue weighted by atomic mass is 16.6. The summed E-state index contributed by atoms with van der Waals surface area (Å²) >= 11 is 0. The average molecular weight is 217 g/mol. The Morgan fingerprint density at radius 1 is 1.69 bits per heavy atom. The molecule has 0 radical (unpaired) electrons.